The fourth-order valence-electron chi connectivity index (χ4n) is 2.40. The van der Waals surface area contributed by atoms with Crippen LogP contribution in [0.3, 0.4) is 0 Å². The number of ether oxygens (including phenoxy) is 1. The highest BCUT2D eigenvalue weighted by Crippen LogP contribution is 2.21. The second-order valence-electron chi connectivity index (χ2n) is 6.20. The number of rotatable bonds is 7. The van der Waals surface area contributed by atoms with Crippen molar-refractivity contribution in [3.05, 3.63) is 28.8 Å². The van der Waals surface area contributed by atoms with Crippen LogP contribution in [0.15, 0.2) is 17.0 Å². The van der Waals surface area contributed by atoms with Gasteiger partial charge in [0.25, 0.3) is 5.91 Å². The first kappa shape index (κ1) is 20.1. The maximum Gasteiger partial charge on any atom is 0.305 e. The average Bonchev–Trinajstić information content (AvgIpc) is 2.39. The molecule has 1 rings (SSSR count). The number of benzene rings is 1. The van der Waals surface area contributed by atoms with Crippen LogP contribution in [0.2, 0.25) is 0 Å². The topological polar surface area (TPSA) is 110 Å². The maximum atomic E-state index is 12.6. The van der Waals surface area contributed by atoms with Crippen LogP contribution in [0.5, 0.6) is 0 Å². The number of carbonyl (C=O) groups excluding carboxylic acids is 1. The van der Waals surface area contributed by atoms with Crippen LogP contribution >= 0.6 is 0 Å². The minimum absolute atomic E-state index is 0.00877. The molecule has 0 fully saturated rings. The first-order valence-corrected chi connectivity index (χ1v) is 9.13. The third-order valence-corrected chi connectivity index (χ3v) is 4.83. The van der Waals surface area contributed by atoms with E-state index in [-0.39, 0.29) is 23.5 Å². The number of aliphatic carboxylic acids is 1. The summed E-state index contributed by atoms with van der Waals surface area (Å²) >= 11 is 0. The summed E-state index contributed by atoms with van der Waals surface area (Å²) in [5, 5.41) is 11.7. The van der Waals surface area contributed by atoms with Crippen LogP contribution in [0.25, 0.3) is 0 Å². The first-order chi connectivity index (χ1) is 10.9. The quantitative estimate of drug-likeness (QED) is 0.761. The third-order valence-electron chi connectivity index (χ3n) is 3.73. The van der Waals surface area contributed by atoms with Crippen LogP contribution in [-0.4, -0.2) is 50.9 Å². The number of sulfone groups is 1. The van der Waals surface area contributed by atoms with Gasteiger partial charge in [-0.25, -0.2) is 8.42 Å². The Kier molecular flexibility index (Phi) is 6.13. The summed E-state index contributed by atoms with van der Waals surface area (Å²) in [6, 6.07) is 2.81. The molecule has 0 saturated carbocycles. The Bertz CT molecular complexity index is 756. The van der Waals surface area contributed by atoms with Gasteiger partial charge in [0.2, 0.25) is 0 Å². The molecule has 24 heavy (non-hydrogen) atoms. The van der Waals surface area contributed by atoms with E-state index in [9.17, 15) is 18.0 Å². The molecule has 1 aromatic rings. The Labute approximate surface area is 141 Å². The number of hydrogen-bond acceptors (Lipinski definition) is 5. The van der Waals surface area contributed by atoms with Crippen LogP contribution in [-0.2, 0) is 19.4 Å². The minimum Gasteiger partial charge on any atom is -0.481 e. The van der Waals surface area contributed by atoms with Crippen molar-refractivity contribution >= 4 is 21.7 Å². The fraction of sp³-hybridized carbons (Fsp3) is 0.500. The van der Waals surface area contributed by atoms with Crippen molar-refractivity contribution in [2.75, 3.05) is 20.0 Å². The highest BCUT2D eigenvalue weighted by molar-refractivity contribution is 7.90. The normalized spacial score (nSPS) is 14.0. The average molecular weight is 357 g/mol. The molecule has 0 radical (unpaired) electrons. The number of aryl methyl sites for hydroxylation is 1. The van der Waals surface area contributed by atoms with Gasteiger partial charge in [-0.15, -0.1) is 0 Å². The fourth-order valence-corrected chi connectivity index (χ4v) is 3.12. The van der Waals surface area contributed by atoms with Crippen molar-refractivity contribution in [2.24, 2.45) is 0 Å². The van der Waals surface area contributed by atoms with E-state index in [2.05, 4.69) is 5.32 Å². The van der Waals surface area contributed by atoms with Crippen LogP contribution < -0.4 is 5.32 Å². The zero-order valence-corrected chi connectivity index (χ0v) is 15.3. The van der Waals surface area contributed by atoms with Crippen LogP contribution in [0.4, 0.5) is 0 Å². The lowest BCUT2D eigenvalue weighted by molar-refractivity contribution is -0.139. The molecule has 134 valence electrons. The smallest absolute Gasteiger partial charge is 0.305 e. The van der Waals surface area contributed by atoms with Crippen LogP contribution in [0.1, 0.15) is 34.8 Å². The van der Waals surface area contributed by atoms with E-state index >= 15 is 0 Å². The van der Waals surface area contributed by atoms with Gasteiger partial charge in [-0.1, -0.05) is 0 Å². The van der Waals surface area contributed by atoms with Crippen molar-refractivity contribution in [3.8, 4) is 0 Å². The predicted molar refractivity (Wildman–Crippen MR) is 89.0 cm³/mol. The van der Waals surface area contributed by atoms with Crippen molar-refractivity contribution in [3.63, 3.8) is 0 Å². The Morgan fingerprint density at radius 3 is 2.33 bits per heavy atom. The molecule has 0 aromatic heterocycles. The van der Waals surface area contributed by atoms with E-state index in [0.717, 1.165) is 6.26 Å². The molecule has 0 aliphatic rings. The minimum atomic E-state index is -3.47. The van der Waals surface area contributed by atoms with Gasteiger partial charge in [0.15, 0.2) is 9.84 Å². The van der Waals surface area contributed by atoms with Crippen LogP contribution in [0, 0.1) is 13.8 Å². The lowest BCUT2D eigenvalue weighted by Crippen LogP contribution is -2.51. The summed E-state index contributed by atoms with van der Waals surface area (Å²) in [5.74, 6) is -1.62. The number of nitrogens with one attached hydrogen (secondary N) is 1. The summed E-state index contributed by atoms with van der Waals surface area (Å²) in [4.78, 5) is 23.7. The van der Waals surface area contributed by atoms with Crippen molar-refractivity contribution in [1.82, 2.24) is 5.32 Å². The van der Waals surface area contributed by atoms with Gasteiger partial charge in [-0.05, 0) is 44.0 Å². The number of methoxy groups -OCH3 is 1. The molecular weight excluding hydrogens is 334 g/mol. The molecule has 2 N–H and O–H groups in total. The molecule has 7 nitrogen and oxygen atoms in total. The Morgan fingerprint density at radius 2 is 1.88 bits per heavy atom. The van der Waals surface area contributed by atoms with Gasteiger partial charge in [0.05, 0.1) is 23.5 Å². The molecule has 1 aromatic carbocycles. The Hall–Kier alpha value is -1.93. The van der Waals surface area contributed by atoms with Gasteiger partial charge in [-0.2, -0.15) is 0 Å². The maximum absolute atomic E-state index is 12.6. The second kappa shape index (κ2) is 7.31. The summed E-state index contributed by atoms with van der Waals surface area (Å²) < 4.78 is 28.6. The molecule has 8 heteroatoms. The Morgan fingerprint density at radius 1 is 1.29 bits per heavy atom. The lowest BCUT2D eigenvalue weighted by atomic mass is 9.96. The van der Waals surface area contributed by atoms with Gasteiger partial charge >= 0.3 is 5.97 Å². The monoisotopic (exact) mass is 357 g/mol. The molecule has 0 aliphatic heterocycles. The number of carboxylic acids is 1. The summed E-state index contributed by atoms with van der Waals surface area (Å²) in [7, 11) is -2.06. The summed E-state index contributed by atoms with van der Waals surface area (Å²) in [5.41, 5.74) is 0.381. The SMILES string of the molecule is COCC(C)(CC(=O)O)NC(=O)c1cc(S(C)(=O)=O)cc(C)c1C. The molecule has 1 unspecified atom stereocenters. The molecule has 1 atom stereocenters. The molecule has 0 aliphatic carbocycles. The number of carboxylic acid groups (broad SMARTS) is 1. The first-order valence-electron chi connectivity index (χ1n) is 7.24. The van der Waals surface area contributed by atoms with Crippen molar-refractivity contribution in [1.29, 1.82) is 0 Å². The molecule has 0 saturated heterocycles. The van der Waals surface area contributed by atoms with Gasteiger partial charge in [-0.3, -0.25) is 9.59 Å². The number of hydrogen-bond donors (Lipinski definition) is 2. The predicted octanol–water partition coefficient (Wildman–Crippen LogP) is 1.32. The third kappa shape index (κ3) is 5.04. The highest BCUT2D eigenvalue weighted by atomic mass is 32.2. The van der Waals surface area contributed by atoms with E-state index in [1.165, 1.54) is 19.2 Å². The van der Waals surface area contributed by atoms with E-state index in [4.69, 9.17) is 9.84 Å². The number of amides is 1. The highest BCUT2D eigenvalue weighted by Gasteiger charge is 2.31. The largest absolute Gasteiger partial charge is 0.481 e. The zero-order chi connectivity index (χ0) is 18.7. The van der Waals surface area contributed by atoms with Gasteiger partial charge in [0, 0.05) is 18.9 Å². The molecule has 0 bridgehead atoms. The van der Waals surface area contributed by atoms with Crippen molar-refractivity contribution in [2.45, 2.75) is 37.6 Å². The molecular formula is C16H23NO6S. The second-order valence-corrected chi connectivity index (χ2v) is 8.22. The van der Waals surface area contributed by atoms with Gasteiger partial charge < -0.3 is 15.2 Å². The van der Waals surface area contributed by atoms with E-state index in [0.29, 0.717) is 11.1 Å². The van der Waals surface area contributed by atoms with Crippen molar-refractivity contribution < 1.29 is 27.9 Å². The van der Waals surface area contributed by atoms with E-state index in [1.54, 1.807) is 20.8 Å². The molecule has 0 heterocycles. The van der Waals surface area contributed by atoms with E-state index in [1.807, 2.05) is 0 Å². The summed E-state index contributed by atoms with van der Waals surface area (Å²) in [6.45, 7) is 4.99. The van der Waals surface area contributed by atoms with E-state index < -0.39 is 27.3 Å². The zero-order valence-electron chi connectivity index (χ0n) is 14.5. The lowest BCUT2D eigenvalue weighted by Gasteiger charge is -2.29. The molecule has 1 amide bonds. The summed E-state index contributed by atoms with van der Waals surface area (Å²) in [6.07, 6.45) is 0.745. The molecule has 0 spiro atoms. The number of carbonyl (C=O) groups is 2. The standard InChI is InChI=1S/C16H23NO6S/c1-10-6-12(24(5,21)22)7-13(11(10)2)15(20)17-16(3,9-23-4)8-14(18)19/h6-7H,8-9H2,1-5H3,(H,17,20)(H,18,19). The van der Waals surface area contributed by atoms with Gasteiger partial charge in [0.1, 0.15) is 0 Å². The Balaban J connectivity index is 3.27.